The highest BCUT2D eigenvalue weighted by molar-refractivity contribution is 7.09. The number of carbonyl (C=O) groups is 1. The summed E-state index contributed by atoms with van der Waals surface area (Å²) in [6.07, 6.45) is 1.61. The Morgan fingerprint density at radius 1 is 1.17 bits per heavy atom. The van der Waals surface area contributed by atoms with E-state index in [4.69, 9.17) is 32.7 Å². The number of Topliss-reactive ketones (excluding diaryl/α,β-unsaturated/α-hetero) is 1. The molecule has 3 aromatic rings. The predicted molar refractivity (Wildman–Crippen MR) is 120 cm³/mol. The van der Waals surface area contributed by atoms with Crippen molar-refractivity contribution in [2.24, 2.45) is 0 Å². The third kappa shape index (κ3) is 3.42. The zero-order valence-corrected chi connectivity index (χ0v) is 18.4. The van der Waals surface area contributed by atoms with Gasteiger partial charge in [0.25, 0.3) is 0 Å². The zero-order chi connectivity index (χ0) is 20.8. The summed E-state index contributed by atoms with van der Waals surface area (Å²) in [7, 11) is 0. The second kappa shape index (κ2) is 7.75. The lowest BCUT2D eigenvalue weighted by atomic mass is 10.00. The number of ether oxygens (including phenoxy) is 2. The molecule has 152 valence electrons. The molecular formula is C23H17Cl2NO3S. The maximum Gasteiger partial charge on any atom is 0.231 e. The Morgan fingerprint density at radius 2 is 1.97 bits per heavy atom. The van der Waals surface area contributed by atoms with Gasteiger partial charge >= 0.3 is 0 Å². The number of hydrogen-bond acceptors (Lipinski definition) is 5. The van der Waals surface area contributed by atoms with E-state index in [1.165, 1.54) is 4.88 Å². The van der Waals surface area contributed by atoms with Crippen LogP contribution < -0.4 is 9.47 Å². The molecule has 0 saturated carbocycles. The van der Waals surface area contributed by atoms with Gasteiger partial charge in [0.1, 0.15) is 18.2 Å². The van der Waals surface area contributed by atoms with Crippen LogP contribution in [-0.2, 0) is 13.1 Å². The predicted octanol–water partition coefficient (Wildman–Crippen LogP) is 6.33. The number of ketones is 1. The molecule has 2 aromatic carbocycles. The summed E-state index contributed by atoms with van der Waals surface area (Å²) < 4.78 is 12.0. The van der Waals surface area contributed by atoms with Crippen molar-refractivity contribution < 1.29 is 14.3 Å². The van der Waals surface area contributed by atoms with Crippen molar-refractivity contribution in [3.8, 4) is 11.5 Å². The Morgan fingerprint density at radius 3 is 2.70 bits per heavy atom. The molecule has 0 spiro atoms. The van der Waals surface area contributed by atoms with E-state index in [0.29, 0.717) is 40.2 Å². The monoisotopic (exact) mass is 457 g/mol. The molecule has 0 aliphatic carbocycles. The number of thiophene rings is 1. The molecule has 1 aromatic heterocycles. The van der Waals surface area contributed by atoms with E-state index in [-0.39, 0.29) is 11.5 Å². The van der Waals surface area contributed by atoms with E-state index in [2.05, 4.69) is 16.3 Å². The van der Waals surface area contributed by atoms with E-state index in [1.807, 2.05) is 19.1 Å². The maximum absolute atomic E-state index is 13.1. The maximum atomic E-state index is 13.1. The van der Waals surface area contributed by atoms with Crippen molar-refractivity contribution in [3.63, 3.8) is 0 Å². The molecule has 0 bridgehead atoms. The summed E-state index contributed by atoms with van der Waals surface area (Å²) >= 11 is 14.2. The van der Waals surface area contributed by atoms with Crippen LogP contribution in [0.5, 0.6) is 11.5 Å². The van der Waals surface area contributed by atoms with Gasteiger partial charge in [-0.3, -0.25) is 9.69 Å². The summed E-state index contributed by atoms with van der Waals surface area (Å²) in [6.45, 7) is 3.94. The number of benzene rings is 2. The lowest BCUT2D eigenvalue weighted by Gasteiger charge is -2.30. The molecule has 0 fully saturated rings. The molecule has 0 unspecified atom stereocenters. The van der Waals surface area contributed by atoms with Gasteiger partial charge in [0, 0.05) is 44.7 Å². The van der Waals surface area contributed by atoms with Crippen LogP contribution in [0.2, 0.25) is 10.0 Å². The first-order valence-corrected chi connectivity index (χ1v) is 11.1. The zero-order valence-electron chi connectivity index (χ0n) is 16.1. The van der Waals surface area contributed by atoms with Gasteiger partial charge in [-0.25, -0.2) is 0 Å². The second-order valence-corrected chi connectivity index (χ2v) is 9.13. The van der Waals surface area contributed by atoms with E-state index < -0.39 is 0 Å². The van der Waals surface area contributed by atoms with Crippen LogP contribution >= 0.6 is 34.5 Å². The SMILES string of the molecule is Cc1c2c(cc3c1O/C(=C\c1c(Cl)cccc1Cl)C3=O)CN(Cc1cccs1)CO2. The first-order chi connectivity index (χ1) is 14.5. The minimum Gasteiger partial charge on any atom is -0.477 e. The summed E-state index contributed by atoms with van der Waals surface area (Å²) in [5, 5.41) is 3.00. The Hall–Kier alpha value is -2.31. The Balaban J connectivity index is 1.47. The number of rotatable bonds is 3. The number of fused-ring (bicyclic) bond motifs is 2. The third-order valence-electron chi connectivity index (χ3n) is 5.24. The van der Waals surface area contributed by atoms with Crippen LogP contribution in [-0.4, -0.2) is 17.4 Å². The van der Waals surface area contributed by atoms with E-state index >= 15 is 0 Å². The van der Waals surface area contributed by atoms with Gasteiger partial charge in [0.05, 0.1) is 5.56 Å². The molecular weight excluding hydrogens is 441 g/mol. The molecule has 0 amide bonds. The first kappa shape index (κ1) is 19.6. The van der Waals surface area contributed by atoms with Gasteiger partial charge in [0.15, 0.2) is 5.76 Å². The fraction of sp³-hybridized carbons (Fsp3) is 0.174. The Kier molecular flexibility index (Phi) is 5.07. The van der Waals surface area contributed by atoms with Crippen LogP contribution in [0, 0.1) is 6.92 Å². The average Bonchev–Trinajstić information content (AvgIpc) is 3.34. The van der Waals surface area contributed by atoms with Crippen molar-refractivity contribution in [1.82, 2.24) is 4.90 Å². The van der Waals surface area contributed by atoms with Gasteiger partial charge in [-0.2, -0.15) is 0 Å². The summed E-state index contributed by atoms with van der Waals surface area (Å²) in [6, 6.07) is 11.3. The first-order valence-electron chi connectivity index (χ1n) is 9.43. The Bertz CT molecular complexity index is 1170. The Labute approximate surface area is 188 Å². The van der Waals surface area contributed by atoms with Crippen molar-refractivity contribution in [1.29, 1.82) is 0 Å². The van der Waals surface area contributed by atoms with Crippen LogP contribution in [0.25, 0.3) is 6.08 Å². The standard InChI is InChI=1S/C23H17Cl2NO3S/c1-13-22-14(10-26(12-28-22)11-15-4-3-7-30-15)8-17-21(27)20(29-23(13)17)9-16-18(24)5-2-6-19(16)25/h2-9H,10-12H2,1H3/b20-9-. The summed E-state index contributed by atoms with van der Waals surface area (Å²) in [5.74, 6) is 1.36. The number of carbonyl (C=O) groups excluding carboxylic acids is 1. The lowest BCUT2D eigenvalue weighted by molar-refractivity contribution is 0.0886. The second-order valence-electron chi connectivity index (χ2n) is 7.28. The van der Waals surface area contributed by atoms with Crippen LogP contribution in [0.1, 0.15) is 31.9 Å². The van der Waals surface area contributed by atoms with Gasteiger partial charge in [-0.15, -0.1) is 11.3 Å². The van der Waals surface area contributed by atoms with Crippen molar-refractivity contribution in [2.45, 2.75) is 20.0 Å². The highest BCUT2D eigenvalue weighted by atomic mass is 35.5. The van der Waals surface area contributed by atoms with E-state index in [9.17, 15) is 4.79 Å². The van der Waals surface area contributed by atoms with Crippen LogP contribution in [0.15, 0.2) is 47.5 Å². The van der Waals surface area contributed by atoms with Crippen molar-refractivity contribution in [3.05, 3.63) is 84.7 Å². The van der Waals surface area contributed by atoms with Gasteiger partial charge in [0.2, 0.25) is 5.78 Å². The molecule has 7 heteroatoms. The van der Waals surface area contributed by atoms with Crippen molar-refractivity contribution in [2.75, 3.05) is 6.73 Å². The fourth-order valence-electron chi connectivity index (χ4n) is 3.80. The molecule has 0 saturated heterocycles. The summed E-state index contributed by atoms with van der Waals surface area (Å²) in [4.78, 5) is 16.6. The van der Waals surface area contributed by atoms with Crippen LogP contribution in [0.4, 0.5) is 0 Å². The van der Waals surface area contributed by atoms with Gasteiger partial charge in [-0.05, 0) is 42.6 Å². The van der Waals surface area contributed by atoms with Gasteiger partial charge in [-0.1, -0.05) is 35.3 Å². The molecule has 5 rings (SSSR count). The number of allylic oxidation sites excluding steroid dienone is 1. The minimum absolute atomic E-state index is 0.178. The topological polar surface area (TPSA) is 38.8 Å². The average molecular weight is 458 g/mol. The van der Waals surface area contributed by atoms with E-state index in [0.717, 1.165) is 23.4 Å². The molecule has 30 heavy (non-hydrogen) atoms. The highest BCUT2D eigenvalue weighted by Gasteiger charge is 2.34. The molecule has 0 radical (unpaired) electrons. The number of hydrogen-bond donors (Lipinski definition) is 0. The van der Waals surface area contributed by atoms with Gasteiger partial charge < -0.3 is 9.47 Å². The summed E-state index contributed by atoms with van der Waals surface area (Å²) in [5.41, 5.74) is 2.93. The molecule has 4 nitrogen and oxygen atoms in total. The van der Waals surface area contributed by atoms with Crippen molar-refractivity contribution >= 4 is 46.4 Å². The molecule has 0 atom stereocenters. The minimum atomic E-state index is -0.178. The fourth-order valence-corrected chi connectivity index (χ4v) is 5.05. The smallest absolute Gasteiger partial charge is 0.231 e. The molecule has 3 heterocycles. The molecule has 2 aliphatic heterocycles. The largest absolute Gasteiger partial charge is 0.477 e. The van der Waals surface area contributed by atoms with E-state index in [1.54, 1.807) is 35.6 Å². The lowest BCUT2D eigenvalue weighted by Crippen LogP contribution is -2.31. The normalized spacial score (nSPS) is 16.9. The third-order valence-corrected chi connectivity index (χ3v) is 6.76. The number of nitrogens with zero attached hydrogens (tertiary/aromatic N) is 1. The molecule has 0 N–H and O–H groups in total. The highest BCUT2D eigenvalue weighted by Crippen LogP contribution is 2.43. The van der Waals surface area contributed by atoms with Crippen LogP contribution in [0.3, 0.4) is 0 Å². The number of halogens is 2. The quantitative estimate of drug-likeness (QED) is 0.430. The molecule has 2 aliphatic rings.